The van der Waals surface area contributed by atoms with E-state index in [2.05, 4.69) is 31.2 Å². The number of aliphatic carboxylic acids is 1. The van der Waals surface area contributed by atoms with E-state index in [9.17, 15) is 15.0 Å². The molecule has 3 heteroatoms. The number of hydrogen-bond donors (Lipinski definition) is 2. The minimum atomic E-state index is -0.936. The van der Waals surface area contributed by atoms with Crippen molar-refractivity contribution < 1.29 is 15.0 Å². The van der Waals surface area contributed by atoms with Crippen LogP contribution in [0.2, 0.25) is 0 Å². The van der Waals surface area contributed by atoms with Crippen LogP contribution in [0, 0.1) is 11.8 Å². The zero-order chi connectivity index (χ0) is 21.1. The quantitative estimate of drug-likeness (QED) is 0.711. The highest BCUT2D eigenvalue weighted by Crippen LogP contribution is 2.37. The molecular weight excluding hydrogens is 372 g/mol. The molecule has 0 heterocycles. The first kappa shape index (κ1) is 20.1. The number of benzene rings is 2. The summed E-state index contributed by atoms with van der Waals surface area (Å²) in [6, 6.07) is 20.2. The summed E-state index contributed by atoms with van der Waals surface area (Å²) in [7, 11) is 0. The SMILES string of the molecule is CC1C=C([C@@H](O)C2=CC(c3ccccc3)=CCC2C(=O)O)C=CC1c1ccccc1. The van der Waals surface area contributed by atoms with Crippen LogP contribution in [0.1, 0.15) is 30.4 Å². The smallest absolute Gasteiger partial charge is 0.311 e. The molecule has 2 N–H and O–H groups in total. The maximum absolute atomic E-state index is 11.9. The minimum Gasteiger partial charge on any atom is -0.481 e. The number of carbonyl (C=O) groups is 1. The molecule has 0 aromatic heterocycles. The minimum absolute atomic E-state index is 0.207. The molecule has 3 unspecified atom stereocenters. The first-order valence-corrected chi connectivity index (χ1v) is 10.4. The Balaban J connectivity index is 1.62. The maximum Gasteiger partial charge on any atom is 0.311 e. The molecule has 0 fully saturated rings. The van der Waals surface area contributed by atoms with E-state index >= 15 is 0 Å². The predicted molar refractivity (Wildman–Crippen MR) is 120 cm³/mol. The van der Waals surface area contributed by atoms with Crippen molar-refractivity contribution in [2.75, 3.05) is 0 Å². The molecule has 0 bridgehead atoms. The zero-order valence-corrected chi connectivity index (χ0v) is 17.0. The van der Waals surface area contributed by atoms with Gasteiger partial charge >= 0.3 is 5.97 Å². The molecule has 0 radical (unpaired) electrons. The molecule has 2 aromatic carbocycles. The van der Waals surface area contributed by atoms with Gasteiger partial charge in [0.25, 0.3) is 0 Å². The normalized spacial score (nSPS) is 24.5. The number of hydrogen-bond acceptors (Lipinski definition) is 2. The molecule has 3 nitrogen and oxygen atoms in total. The van der Waals surface area contributed by atoms with E-state index in [0.29, 0.717) is 12.0 Å². The van der Waals surface area contributed by atoms with Gasteiger partial charge in [0.1, 0.15) is 6.10 Å². The fourth-order valence-electron chi connectivity index (χ4n) is 4.38. The van der Waals surface area contributed by atoms with Gasteiger partial charge in [-0.25, -0.2) is 0 Å². The number of carboxylic acid groups (broad SMARTS) is 1. The average Bonchev–Trinajstić information content (AvgIpc) is 2.79. The zero-order valence-electron chi connectivity index (χ0n) is 17.0. The van der Waals surface area contributed by atoms with Gasteiger partial charge in [-0.15, -0.1) is 0 Å². The van der Waals surface area contributed by atoms with Crippen LogP contribution in [-0.4, -0.2) is 22.3 Å². The molecule has 0 amide bonds. The van der Waals surface area contributed by atoms with Crippen LogP contribution in [0.25, 0.3) is 5.57 Å². The maximum atomic E-state index is 11.9. The van der Waals surface area contributed by atoms with Crippen molar-refractivity contribution in [2.45, 2.75) is 25.4 Å². The second kappa shape index (κ2) is 8.68. The fourth-order valence-corrected chi connectivity index (χ4v) is 4.38. The summed E-state index contributed by atoms with van der Waals surface area (Å²) in [6.07, 6.45) is 9.38. The van der Waals surface area contributed by atoms with Crippen LogP contribution in [0.4, 0.5) is 0 Å². The van der Waals surface area contributed by atoms with E-state index in [4.69, 9.17) is 0 Å². The highest BCUT2D eigenvalue weighted by Gasteiger charge is 2.32. The van der Waals surface area contributed by atoms with E-state index in [1.54, 1.807) is 0 Å². The van der Waals surface area contributed by atoms with Crippen LogP contribution < -0.4 is 0 Å². The largest absolute Gasteiger partial charge is 0.481 e. The second-order valence-corrected chi connectivity index (χ2v) is 8.02. The van der Waals surface area contributed by atoms with E-state index in [-0.39, 0.29) is 11.8 Å². The molecule has 0 aliphatic heterocycles. The summed E-state index contributed by atoms with van der Waals surface area (Å²) < 4.78 is 0. The van der Waals surface area contributed by atoms with Gasteiger partial charge in [-0.05, 0) is 40.2 Å². The van der Waals surface area contributed by atoms with Crippen LogP contribution in [-0.2, 0) is 4.79 Å². The lowest BCUT2D eigenvalue weighted by molar-refractivity contribution is -0.140. The van der Waals surface area contributed by atoms with Crippen LogP contribution in [0.5, 0.6) is 0 Å². The molecule has 30 heavy (non-hydrogen) atoms. The van der Waals surface area contributed by atoms with E-state index < -0.39 is 18.0 Å². The highest BCUT2D eigenvalue weighted by atomic mass is 16.4. The molecular formula is C27H26O3. The Morgan fingerprint density at radius 3 is 2.33 bits per heavy atom. The third kappa shape index (κ3) is 4.07. The molecule has 0 saturated carbocycles. The molecule has 2 aliphatic carbocycles. The Hall–Kier alpha value is -3.17. The van der Waals surface area contributed by atoms with Crippen LogP contribution in [0.3, 0.4) is 0 Å². The average molecular weight is 399 g/mol. The first-order valence-electron chi connectivity index (χ1n) is 10.4. The van der Waals surface area contributed by atoms with Crippen molar-refractivity contribution >= 4 is 11.5 Å². The van der Waals surface area contributed by atoms with Gasteiger partial charge in [0, 0.05) is 5.92 Å². The number of aliphatic hydroxyl groups excluding tert-OH is 1. The van der Waals surface area contributed by atoms with E-state index in [1.165, 1.54) is 5.56 Å². The van der Waals surface area contributed by atoms with Gasteiger partial charge < -0.3 is 10.2 Å². The van der Waals surface area contributed by atoms with Gasteiger partial charge in [0.05, 0.1) is 5.92 Å². The molecule has 152 valence electrons. The number of aliphatic hydroxyl groups is 1. The van der Waals surface area contributed by atoms with Crippen molar-refractivity contribution in [1.29, 1.82) is 0 Å². The van der Waals surface area contributed by atoms with Gasteiger partial charge in [-0.2, -0.15) is 0 Å². The summed E-state index contributed by atoms with van der Waals surface area (Å²) in [4.78, 5) is 11.9. The molecule has 2 aliphatic rings. The van der Waals surface area contributed by atoms with Crippen molar-refractivity contribution in [3.63, 3.8) is 0 Å². The lowest BCUT2D eigenvalue weighted by Crippen LogP contribution is -2.28. The molecule has 0 saturated heterocycles. The topological polar surface area (TPSA) is 57.5 Å². The molecule has 2 aromatic rings. The van der Waals surface area contributed by atoms with Crippen molar-refractivity contribution in [1.82, 2.24) is 0 Å². The Labute approximate surface area is 177 Å². The van der Waals surface area contributed by atoms with Gasteiger partial charge in [-0.1, -0.05) is 98.0 Å². The summed E-state index contributed by atoms with van der Waals surface area (Å²) in [5.74, 6) is -1.17. The third-order valence-electron chi connectivity index (χ3n) is 6.04. The highest BCUT2D eigenvalue weighted by molar-refractivity contribution is 5.82. The standard InChI is InChI=1S/C27H26O3/c1-18-16-22(13-14-23(18)20-10-6-3-7-11-20)26(28)25-17-21(12-15-24(25)27(29)30)19-8-4-2-5-9-19/h2-14,16-18,23-24,26,28H,15H2,1H3,(H,29,30)/t18?,23?,24?,26-/m1/s1. The Kier molecular flexibility index (Phi) is 5.82. The van der Waals surface area contributed by atoms with Gasteiger partial charge in [0.2, 0.25) is 0 Å². The number of allylic oxidation sites excluding steroid dienone is 5. The van der Waals surface area contributed by atoms with Crippen LogP contribution >= 0.6 is 0 Å². The molecule has 0 spiro atoms. The number of rotatable bonds is 5. The van der Waals surface area contributed by atoms with Gasteiger partial charge in [-0.3, -0.25) is 4.79 Å². The summed E-state index contributed by atoms with van der Waals surface area (Å²) >= 11 is 0. The predicted octanol–water partition coefficient (Wildman–Crippen LogP) is 5.38. The Morgan fingerprint density at radius 2 is 1.70 bits per heavy atom. The Bertz CT molecular complexity index is 1030. The van der Waals surface area contributed by atoms with Crippen molar-refractivity contribution in [3.05, 3.63) is 113 Å². The lowest BCUT2D eigenvalue weighted by Gasteiger charge is -2.29. The summed E-state index contributed by atoms with van der Waals surface area (Å²) in [5, 5.41) is 20.9. The Morgan fingerprint density at radius 1 is 1.03 bits per heavy atom. The summed E-state index contributed by atoms with van der Waals surface area (Å²) in [5.41, 5.74) is 4.53. The first-order chi connectivity index (χ1) is 14.5. The molecule has 4 rings (SSSR count). The lowest BCUT2D eigenvalue weighted by atomic mass is 9.77. The monoisotopic (exact) mass is 398 g/mol. The van der Waals surface area contributed by atoms with Gasteiger partial charge in [0.15, 0.2) is 0 Å². The summed E-state index contributed by atoms with van der Waals surface area (Å²) in [6.45, 7) is 2.13. The third-order valence-corrected chi connectivity index (χ3v) is 6.04. The second-order valence-electron chi connectivity index (χ2n) is 8.02. The van der Waals surface area contributed by atoms with E-state index in [0.717, 1.165) is 16.7 Å². The molecule has 4 atom stereocenters. The van der Waals surface area contributed by atoms with Crippen molar-refractivity contribution in [3.8, 4) is 0 Å². The van der Waals surface area contributed by atoms with Crippen molar-refractivity contribution in [2.24, 2.45) is 11.8 Å². The van der Waals surface area contributed by atoms with Crippen LogP contribution in [0.15, 0.2) is 102 Å². The number of carboxylic acids is 1. The van der Waals surface area contributed by atoms with E-state index in [1.807, 2.05) is 66.8 Å². The fraction of sp³-hybridized carbons (Fsp3) is 0.222.